The van der Waals surface area contributed by atoms with Crippen LogP contribution in [0.5, 0.6) is 5.75 Å². The Morgan fingerprint density at radius 1 is 1.11 bits per heavy atom. The minimum Gasteiger partial charge on any atom is -0.493 e. The zero-order valence-corrected chi connectivity index (χ0v) is 22.7. The molecule has 3 rings (SSSR count). The van der Waals surface area contributed by atoms with Gasteiger partial charge in [0.25, 0.3) is 5.91 Å². The fourth-order valence-electron chi connectivity index (χ4n) is 4.73. The summed E-state index contributed by atoms with van der Waals surface area (Å²) in [6.45, 7) is 6.82. The van der Waals surface area contributed by atoms with Gasteiger partial charge in [-0.05, 0) is 67.1 Å². The molecule has 9 nitrogen and oxygen atoms in total. The number of hydrogen-bond acceptors (Lipinski definition) is 7. The number of benzene rings is 1. The molecule has 1 aromatic heterocycles. The summed E-state index contributed by atoms with van der Waals surface area (Å²) in [6.07, 6.45) is 7.45. The van der Waals surface area contributed by atoms with Crippen LogP contribution in [0.15, 0.2) is 53.7 Å². The molecule has 204 valence electrons. The summed E-state index contributed by atoms with van der Waals surface area (Å²) >= 11 is 0. The van der Waals surface area contributed by atoms with E-state index in [1.807, 2.05) is 20.8 Å². The van der Waals surface area contributed by atoms with Gasteiger partial charge in [-0.15, -0.1) is 0 Å². The van der Waals surface area contributed by atoms with Crippen molar-refractivity contribution >= 4 is 15.9 Å². The molecular weight excluding hydrogens is 494 g/mol. The molecule has 1 aliphatic rings. The lowest BCUT2D eigenvalue weighted by Crippen LogP contribution is -2.62. The van der Waals surface area contributed by atoms with Gasteiger partial charge in [0.1, 0.15) is 11.8 Å². The Kier molecular flexibility index (Phi) is 10.5. The first kappa shape index (κ1) is 29.0. The summed E-state index contributed by atoms with van der Waals surface area (Å²) in [6, 6.07) is 8.34. The van der Waals surface area contributed by atoms with E-state index in [1.165, 1.54) is 16.4 Å². The van der Waals surface area contributed by atoms with Crippen molar-refractivity contribution in [3.8, 4) is 5.75 Å². The van der Waals surface area contributed by atoms with E-state index in [0.29, 0.717) is 49.7 Å². The molecule has 1 aliphatic carbocycles. The Labute approximate surface area is 220 Å². The quantitative estimate of drug-likeness (QED) is 0.291. The van der Waals surface area contributed by atoms with Crippen LogP contribution in [0, 0.1) is 5.92 Å². The van der Waals surface area contributed by atoms with Crippen LogP contribution in [0.1, 0.15) is 64.9 Å². The van der Waals surface area contributed by atoms with Gasteiger partial charge in [-0.25, -0.2) is 13.9 Å². The van der Waals surface area contributed by atoms with Crippen LogP contribution < -0.4 is 10.2 Å². The van der Waals surface area contributed by atoms with E-state index >= 15 is 0 Å². The van der Waals surface area contributed by atoms with Crippen molar-refractivity contribution in [3.63, 3.8) is 0 Å². The number of hydrogen-bond donors (Lipinski definition) is 2. The molecule has 0 bridgehead atoms. The first-order valence-corrected chi connectivity index (χ1v) is 14.4. The molecule has 1 fully saturated rings. The summed E-state index contributed by atoms with van der Waals surface area (Å²) < 4.78 is 41.6. The Balaban J connectivity index is 2.09. The van der Waals surface area contributed by atoms with Crippen molar-refractivity contribution in [2.45, 2.75) is 82.4 Å². The molecule has 1 atom stereocenters. The highest BCUT2D eigenvalue weighted by Crippen LogP contribution is 2.39. The van der Waals surface area contributed by atoms with Crippen LogP contribution in [0.3, 0.4) is 0 Å². The molecule has 0 radical (unpaired) electrons. The Morgan fingerprint density at radius 2 is 1.76 bits per heavy atom. The second-order valence-corrected chi connectivity index (χ2v) is 11.8. The lowest BCUT2D eigenvalue weighted by atomic mass is 9.78. The summed E-state index contributed by atoms with van der Waals surface area (Å²) in [5.74, 6) is 0.0763. The normalized spacial score (nSPS) is 16.5. The predicted molar refractivity (Wildman–Crippen MR) is 140 cm³/mol. The van der Waals surface area contributed by atoms with Crippen LogP contribution in [0.4, 0.5) is 0 Å². The van der Waals surface area contributed by atoms with Crippen molar-refractivity contribution in [2.75, 3.05) is 13.2 Å². The maximum atomic E-state index is 14.2. The largest absolute Gasteiger partial charge is 0.493 e. The number of carbonyl (C=O) groups is 1. The Morgan fingerprint density at radius 3 is 2.32 bits per heavy atom. The number of ether oxygens (including phenoxy) is 2. The van der Waals surface area contributed by atoms with E-state index in [2.05, 4.69) is 4.98 Å². The molecule has 1 heterocycles. The second kappa shape index (κ2) is 13.3. The number of carbonyl (C=O) groups excluding carboxylic acids is 1. The van der Waals surface area contributed by atoms with Gasteiger partial charge in [0.2, 0.25) is 10.0 Å². The Hall–Kier alpha value is -2.53. The van der Waals surface area contributed by atoms with Gasteiger partial charge in [-0.3, -0.25) is 15.0 Å². The van der Waals surface area contributed by atoms with Crippen molar-refractivity contribution in [3.05, 3.63) is 54.4 Å². The van der Waals surface area contributed by atoms with Crippen LogP contribution in [0.2, 0.25) is 0 Å². The molecule has 0 spiro atoms. The minimum absolute atomic E-state index is 0.0237. The predicted octanol–water partition coefficient (Wildman–Crippen LogP) is 4.31. The third-order valence-corrected chi connectivity index (χ3v) is 8.37. The van der Waals surface area contributed by atoms with Crippen LogP contribution in [-0.4, -0.2) is 53.7 Å². The number of pyridine rings is 1. The standard InChI is InChI=1S/C27H39N3O6S/c1-4-18-36-27(14-6-5-7-15-27)25(26(31)29-32)30(19-22-12-16-28-17-13-22)37(33,34)24-10-8-23(9-11-24)35-20-21(2)3/h8-13,16-17,21,25,32H,4-7,14-15,18-20H2,1-3H3,(H,29,31)/t25-/m0/s1. The molecule has 0 saturated heterocycles. The summed E-state index contributed by atoms with van der Waals surface area (Å²) in [4.78, 5) is 17.4. The number of amides is 1. The number of sulfonamides is 1. The van der Waals surface area contributed by atoms with Crippen LogP contribution in [-0.2, 0) is 26.1 Å². The number of hydroxylamine groups is 1. The highest BCUT2D eigenvalue weighted by molar-refractivity contribution is 7.89. The van der Waals surface area contributed by atoms with E-state index in [-0.39, 0.29) is 11.4 Å². The molecule has 1 saturated carbocycles. The van der Waals surface area contributed by atoms with Gasteiger partial charge >= 0.3 is 0 Å². The van der Waals surface area contributed by atoms with E-state index in [1.54, 1.807) is 42.1 Å². The monoisotopic (exact) mass is 533 g/mol. The summed E-state index contributed by atoms with van der Waals surface area (Å²) in [7, 11) is -4.21. The summed E-state index contributed by atoms with van der Waals surface area (Å²) in [5, 5.41) is 9.76. The number of nitrogens with one attached hydrogen (secondary N) is 1. The summed E-state index contributed by atoms with van der Waals surface area (Å²) in [5.41, 5.74) is 1.32. The molecule has 0 aliphatic heterocycles. The van der Waals surface area contributed by atoms with Gasteiger partial charge < -0.3 is 9.47 Å². The minimum atomic E-state index is -4.21. The zero-order chi connectivity index (χ0) is 26.9. The number of aromatic nitrogens is 1. The van der Waals surface area contributed by atoms with Gasteiger partial charge in [0.05, 0.1) is 17.1 Å². The maximum absolute atomic E-state index is 14.2. The SMILES string of the molecule is CCCOC1([C@H](C(=O)NO)N(Cc2ccncc2)S(=O)(=O)c2ccc(OCC(C)C)cc2)CCCCC1. The fraction of sp³-hybridized carbons (Fsp3) is 0.556. The number of rotatable bonds is 13. The van der Waals surface area contributed by atoms with Crippen molar-refractivity contribution in [2.24, 2.45) is 5.92 Å². The fourth-order valence-corrected chi connectivity index (χ4v) is 6.37. The van der Waals surface area contributed by atoms with Gasteiger partial charge in [-0.1, -0.05) is 40.0 Å². The molecule has 1 aromatic carbocycles. The molecule has 1 amide bonds. The molecule has 37 heavy (non-hydrogen) atoms. The smallest absolute Gasteiger partial charge is 0.264 e. The second-order valence-electron chi connectivity index (χ2n) is 9.93. The molecule has 2 aromatic rings. The first-order chi connectivity index (χ1) is 17.7. The molecule has 0 unspecified atom stereocenters. The van der Waals surface area contributed by atoms with E-state index < -0.39 is 27.6 Å². The Bertz CT molecular complexity index is 1090. The molecular formula is C27H39N3O6S. The highest BCUT2D eigenvalue weighted by atomic mass is 32.2. The van der Waals surface area contributed by atoms with Crippen LogP contribution in [0.25, 0.3) is 0 Å². The van der Waals surface area contributed by atoms with Crippen LogP contribution >= 0.6 is 0 Å². The number of nitrogens with zero attached hydrogens (tertiary/aromatic N) is 2. The zero-order valence-electron chi connectivity index (χ0n) is 21.9. The van der Waals surface area contributed by atoms with Gasteiger partial charge in [-0.2, -0.15) is 4.31 Å². The third kappa shape index (κ3) is 7.28. The molecule has 10 heteroatoms. The van der Waals surface area contributed by atoms with Crippen molar-refractivity contribution < 1.29 is 27.9 Å². The molecule has 2 N–H and O–H groups in total. The van der Waals surface area contributed by atoms with Gasteiger partial charge in [0, 0.05) is 25.5 Å². The lowest BCUT2D eigenvalue weighted by Gasteiger charge is -2.46. The third-order valence-electron chi connectivity index (χ3n) is 6.54. The van der Waals surface area contributed by atoms with Crippen molar-refractivity contribution in [1.29, 1.82) is 0 Å². The average molecular weight is 534 g/mol. The van der Waals surface area contributed by atoms with Gasteiger partial charge in [0.15, 0.2) is 0 Å². The lowest BCUT2D eigenvalue weighted by molar-refractivity contribution is -0.155. The highest BCUT2D eigenvalue weighted by Gasteiger charge is 2.51. The van der Waals surface area contributed by atoms with E-state index in [4.69, 9.17) is 9.47 Å². The van der Waals surface area contributed by atoms with E-state index in [0.717, 1.165) is 19.3 Å². The van der Waals surface area contributed by atoms with Crippen molar-refractivity contribution in [1.82, 2.24) is 14.8 Å². The van der Waals surface area contributed by atoms with E-state index in [9.17, 15) is 18.4 Å². The maximum Gasteiger partial charge on any atom is 0.264 e. The first-order valence-electron chi connectivity index (χ1n) is 12.9. The average Bonchev–Trinajstić information content (AvgIpc) is 2.91. The topological polar surface area (TPSA) is 118 Å².